The van der Waals surface area contributed by atoms with Gasteiger partial charge in [-0.3, -0.25) is 4.79 Å². The molecule has 1 N–H and O–H groups in total. The molecule has 0 radical (unpaired) electrons. The lowest BCUT2D eigenvalue weighted by molar-refractivity contribution is -0.168. The average Bonchev–Trinajstić information content (AvgIpc) is 1.84. The zero-order chi connectivity index (χ0) is 8.48. The molecule has 1 rings (SSSR count). The first-order chi connectivity index (χ1) is 5.13. The molecule has 1 aliphatic rings. The second kappa shape index (κ2) is 2.73. The van der Waals surface area contributed by atoms with E-state index in [2.05, 4.69) is 10.1 Å². The van der Waals surface area contributed by atoms with Crippen molar-refractivity contribution < 1.29 is 18.3 Å². The van der Waals surface area contributed by atoms with Crippen molar-refractivity contribution in [3.05, 3.63) is 0 Å². The molecule has 5 heteroatoms. The van der Waals surface area contributed by atoms with E-state index in [1.54, 1.807) is 0 Å². The maximum Gasteiger partial charge on any atom is 0.320 e. The van der Waals surface area contributed by atoms with Gasteiger partial charge in [-0.15, -0.1) is 0 Å². The maximum absolute atomic E-state index is 12.2. The highest BCUT2D eigenvalue weighted by atomic mass is 19.3. The van der Waals surface area contributed by atoms with Crippen LogP contribution in [0.25, 0.3) is 0 Å². The SMILES string of the molecule is COC(=O)C1(C(F)F)CNC1. The molecule has 0 aromatic heterocycles. The third-order valence-corrected chi connectivity index (χ3v) is 1.89. The number of methoxy groups -OCH3 is 1. The molecule has 64 valence electrons. The van der Waals surface area contributed by atoms with Gasteiger partial charge in [-0.25, -0.2) is 8.78 Å². The zero-order valence-corrected chi connectivity index (χ0v) is 6.06. The predicted molar refractivity (Wildman–Crippen MR) is 33.3 cm³/mol. The first-order valence-electron chi connectivity index (χ1n) is 3.21. The van der Waals surface area contributed by atoms with Crippen LogP contribution in [0.2, 0.25) is 0 Å². The Labute approximate surface area is 62.7 Å². The number of carbonyl (C=O) groups excluding carboxylic acids is 1. The van der Waals surface area contributed by atoms with Gasteiger partial charge in [0.05, 0.1) is 7.11 Å². The Morgan fingerprint density at radius 1 is 1.64 bits per heavy atom. The molecule has 0 atom stereocenters. The van der Waals surface area contributed by atoms with Crippen molar-refractivity contribution in [1.29, 1.82) is 0 Å². The van der Waals surface area contributed by atoms with Crippen LogP contribution in [0, 0.1) is 5.41 Å². The maximum atomic E-state index is 12.2. The van der Waals surface area contributed by atoms with E-state index >= 15 is 0 Å². The largest absolute Gasteiger partial charge is 0.468 e. The van der Waals surface area contributed by atoms with Crippen LogP contribution in [-0.2, 0) is 9.53 Å². The van der Waals surface area contributed by atoms with Gasteiger partial charge in [0.1, 0.15) is 0 Å². The lowest BCUT2D eigenvalue weighted by Crippen LogP contribution is -2.62. The number of esters is 1. The fourth-order valence-corrected chi connectivity index (χ4v) is 0.985. The van der Waals surface area contributed by atoms with Crippen LogP contribution < -0.4 is 5.32 Å². The van der Waals surface area contributed by atoms with Gasteiger partial charge in [0.15, 0.2) is 5.41 Å². The molecule has 11 heavy (non-hydrogen) atoms. The first kappa shape index (κ1) is 8.39. The van der Waals surface area contributed by atoms with Crippen molar-refractivity contribution in [1.82, 2.24) is 5.32 Å². The molecule has 0 spiro atoms. The van der Waals surface area contributed by atoms with Gasteiger partial charge in [0, 0.05) is 13.1 Å². The molecular formula is C6H9F2NO2. The highest BCUT2D eigenvalue weighted by Gasteiger charge is 2.53. The van der Waals surface area contributed by atoms with E-state index in [1.165, 1.54) is 0 Å². The third-order valence-electron chi connectivity index (χ3n) is 1.89. The molecule has 0 aliphatic carbocycles. The number of nitrogens with one attached hydrogen (secondary N) is 1. The van der Waals surface area contributed by atoms with E-state index in [0.29, 0.717) is 0 Å². The summed E-state index contributed by atoms with van der Waals surface area (Å²) >= 11 is 0. The predicted octanol–water partition coefficient (Wildman–Crippen LogP) is 0.0141. The summed E-state index contributed by atoms with van der Waals surface area (Å²) in [7, 11) is 1.12. The number of halogens is 2. The number of rotatable bonds is 2. The van der Waals surface area contributed by atoms with Crippen LogP contribution in [0.5, 0.6) is 0 Å². The molecule has 0 aromatic rings. The van der Waals surface area contributed by atoms with Crippen LogP contribution in [-0.4, -0.2) is 32.6 Å². The van der Waals surface area contributed by atoms with E-state index in [-0.39, 0.29) is 13.1 Å². The van der Waals surface area contributed by atoms with Crippen LogP contribution in [0.3, 0.4) is 0 Å². The molecule has 1 heterocycles. The Morgan fingerprint density at radius 2 is 2.18 bits per heavy atom. The Bertz CT molecular complexity index is 168. The lowest BCUT2D eigenvalue weighted by Gasteiger charge is -2.38. The van der Waals surface area contributed by atoms with Gasteiger partial charge in [-0.2, -0.15) is 0 Å². The van der Waals surface area contributed by atoms with E-state index in [4.69, 9.17) is 0 Å². The van der Waals surface area contributed by atoms with Gasteiger partial charge < -0.3 is 10.1 Å². The van der Waals surface area contributed by atoms with E-state index in [0.717, 1.165) is 7.11 Å². The Hall–Kier alpha value is -0.710. The summed E-state index contributed by atoms with van der Waals surface area (Å²) in [6.45, 7) is 0.0225. The zero-order valence-electron chi connectivity index (χ0n) is 6.06. The third kappa shape index (κ3) is 1.09. The summed E-state index contributed by atoms with van der Waals surface area (Å²) in [5.41, 5.74) is -1.57. The minimum atomic E-state index is -2.64. The summed E-state index contributed by atoms with van der Waals surface area (Å²) in [6.07, 6.45) is -2.64. The Balaban J connectivity index is 2.67. The summed E-state index contributed by atoms with van der Waals surface area (Å²) in [4.78, 5) is 10.8. The summed E-state index contributed by atoms with van der Waals surface area (Å²) in [5, 5.41) is 2.62. The van der Waals surface area contributed by atoms with Crippen LogP contribution >= 0.6 is 0 Å². The molecule has 0 saturated carbocycles. The van der Waals surface area contributed by atoms with Crippen molar-refractivity contribution in [3.63, 3.8) is 0 Å². The average molecular weight is 165 g/mol. The minimum absolute atomic E-state index is 0.0112. The van der Waals surface area contributed by atoms with Crippen molar-refractivity contribution in [2.24, 2.45) is 5.41 Å². The molecule has 1 fully saturated rings. The van der Waals surface area contributed by atoms with Gasteiger partial charge in [0.25, 0.3) is 6.43 Å². The summed E-state index contributed by atoms with van der Waals surface area (Å²) < 4.78 is 28.7. The van der Waals surface area contributed by atoms with Gasteiger partial charge >= 0.3 is 5.97 Å². The van der Waals surface area contributed by atoms with Crippen LogP contribution in [0.4, 0.5) is 8.78 Å². The fraction of sp³-hybridized carbons (Fsp3) is 0.833. The van der Waals surface area contributed by atoms with Crippen LogP contribution in [0.15, 0.2) is 0 Å². The highest BCUT2D eigenvalue weighted by Crippen LogP contribution is 2.31. The molecule has 1 saturated heterocycles. The standard InChI is InChI=1S/C6H9F2NO2/c1-11-5(10)6(4(7)8)2-9-3-6/h4,9H,2-3H2,1H3. The second-order valence-electron chi connectivity index (χ2n) is 2.55. The lowest BCUT2D eigenvalue weighted by atomic mass is 9.82. The molecule has 0 unspecified atom stereocenters. The van der Waals surface area contributed by atoms with Gasteiger partial charge in [-0.05, 0) is 0 Å². The molecule has 1 aliphatic heterocycles. The van der Waals surface area contributed by atoms with Crippen molar-refractivity contribution >= 4 is 5.97 Å². The monoisotopic (exact) mass is 165 g/mol. The molecular weight excluding hydrogens is 156 g/mol. The second-order valence-corrected chi connectivity index (χ2v) is 2.55. The normalized spacial score (nSPS) is 21.1. The van der Waals surface area contributed by atoms with E-state index < -0.39 is 17.8 Å². The summed E-state index contributed by atoms with van der Waals surface area (Å²) in [6, 6.07) is 0. The minimum Gasteiger partial charge on any atom is -0.468 e. The van der Waals surface area contributed by atoms with Crippen molar-refractivity contribution in [3.8, 4) is 0 Å². The van der Waals surface area contributed by atoms with Crippen molar-refractivity contribution in [2.45, 2.75) is 6.43 Å². The summed E-state index contributed by atoms with van der Waals surface area (Å²) in [5.74, 6) is -0.828. The highest BCUT2D eigenvalue weighted by molar-refractivity contribution is 5.79. The van der Waals surface area contributed by atoms with Crippen LogP contribution in [0.1, 0.15) is 0 Å². The quantitative estimate of drug-likeness (QED) is 0.586. The number of hydrogen-bond acceptors (Lipinski definition) is 3. The van der Waals surface area contributed by atoms with E-state index in [9.17, 15) is 13.6 Å². The molecule has 3 nitrogen and oxygen atoms in total. The van der Waals surface area contributed by atoms with Gasteiger partial charge in [0.2, 0.25) is 0 Å². The number of alkyl halides is 2. The topological polar surface area (TPSA) is 38.3 Å². The molecule has 0 amide bonds. The molecule has 0 bridgehead atoms. The molecule has 0 aromatic carbocycles. The first-order valence-corrected chi connectivity index (χ1v) is 3.21. The van der Waals surface area contributed by atoms with E-state index in [1.807, 2.05) is 0 Å². The number of ether oxygens (including phenoxy) is 1. The van der Waals surface area contributed by atoms with Crippen molar-refractivity contribution in [2.75, 3.05) is 20.2 Å². The van der Waals surface area contributed by atoms with Gasteiger partial charge in [-0.1, -0.05) is 0 Å². The smallest absolute Gasteiger partial charge is 0.320 e. The number of carbonyl (C=O) groups is 1. The fourth-order valence-electron chi connectivity index (χ4n) is 0.985. The number of hydrogen-bond donors (Lipinski definition) is 1. The Morgan fingerprint density at radius 3 is 2.27 bits per heavy atom. The Kier molecular flexibility index (Phi) is 2.08.